The standard InChI is InChI=1S/C29H34N4O5/c1-17(2)12-23(31-26(35)22-13-19-21(30-22)9-7-11-25(19)38-4)27(36)33-16-29(14-18(33)15-34)20-8-5-6-10-24(20)32(3)28(29)37/h5-11,13,17-18,23,30,34H,12,14-16H2,1-4H3,(H,31,35)/t18-,23?,29-/m0/s1. The molecule has 1 unspecified atom stereocenters. The van der Waals surface area contributed by atoms with Gasteiger partial charge in [-0.15, -0.1) is 0 Å². The van der Waals surface area contributed by atoms with Gasteiger partial charge in [0.1, 0.15) is 17.5 Å². The van der Waals surface area contributed by atoms with E-state index in [2.05, 4.69) is 10.3 Å². The maximum atomic E-state index is 14.0. The number of nitrogens with one attached hydrogen (secondary N) is 2. The molecule has 0 saturated carbocycles. The van der Waals surface area contributed by atoms with E-state index in [4.69, 9.17) is 4.74 Å². The Labute approximate surface area is 221 Å². The molecule has 2 aliphatic heterocycles. The number of ether oxygens (including phenoxy) is 1. The molecule has 3 aromatic rings. The first-order valence-electron chi connectivity index (χ1n) is 13.0. The van der Waals surface area contributed by atoms with Crippen LogP contribution in [-0.4, -0.2) is 72.1 Å². The second-order valence-corrected chi connectivity index (χ2v) is 10.7. The first-order chi connectivity index (χ1) is 18.2. The summed E-state index contributed by atoms with van der Waals surface area (Å²) >= 11 is 0. The van der Waals surface area contributed by atoms with Crippen molar-refractivity contribution in [1.29, 1.82) is 0 Å². The number of nitrogens with zero attached hydrogens (tertiary/aromatic N) is 2. The van der Waals surface area contributed by atoms with Crippen LogP contribution in [0.25, 0.3) is 10.9 Å². The maximum absolute atomic E-state index is 14.0. The molecule has 3 heterocycles. The van der Waals surface area contributed by atoms with Crippen molar-refractivity contribution in [3.8, 4) is 5.75 Å². The summed E-state index contributed by atoms with van der Waals surface area (Å²) in [6.45, 7) is 3.87. The third-order valence-corrected chi connectivity index (χ3v) is 7.85. The smallest absolute Gasteiger partial charge is 0.268 e. The van der Waals surface area contributed by atoms with Crippen molar-refractivity contribution >= 4 is 34.3 Å². The minimum absolute atomic E-state index is 0.0797. The molecular formula is C29H34N4O5. The molecule has 9 nitrogen and oxygen atoms in total. The molecule has 2 aliphatic rings. The molecule has 3 N–H and O–H groups in total. The Morgan fingerprint density at radius 1 is 1.21 bits per heavy atom. The highest BCUT2D eigenvalue weighted by Crippen LogP contribution is 2.48. The van der Waals surface area contributed by atoms with Crippen molar-refractivity contribution < 1.29 is 24.2 Å². The number of likely N-dealkylation sites (tertiary alicyclic amines) is 1. The number of methoxy groups -OCH3 is 1. The summed E-state index contributed by atoms with van der Waals surface area (Å²) in [6, 6.07) is 13.5. The van der Waals surface area contributed by atoms with E-state index in [1.165, 1.54) is 0 Å². The lowest BCUT2D eigenvalue weighted by atomic mass is 9.79. The van der Waals surface area contributed by atoms with Gasteiger partial charge in [0, 0.05) is 30.2 Å². The lowest BCUT2D eigenvalue weighted by Crippen LogP contribution is -2.52. The normalized spacial score (nSPS) is 21.4. The maximum Gasteiger partial charge on any atom is 0.268 e. The molecule has 200 valence electrons. The van der Waals surface area contributed by atoms with Gasteiger partial charge in [0.15, 0.2) is 0 Å². The number of rotatable bonds is 7. The highest BCUT2D eigenvalue weighted by Gasteiger charge is 2.57. The van der Waals surface area contributed by atoms with Gasteiger partial charge in [0.25, 0.3) is 5.91 Å². The number of fused-ring (bicyclic) bond motifs is 3. The predicted molar refractivity (Wildman–Crippen MR) is 144 cm³/mol. The topological polar surface area (TPSA) is 115 Å². The lowest BCUT2D eigenvalue weighted by Gasteiger charge is -2.29. The summed E-state index contributed by atoms with van der Waals surface area (Å²) in [5.41, 5.74) is 1.87. The SMILES string of the molecule is COc1cccc2[nH]c(C(=O)NC(CC(C)C)C(=O)N3C[C@]4(C[C@H]3CO)C(=O)N(C)c3ccccc34)cc12. The van der Waals surface area contributed by atoms with Crippen molar-refractivity contribution in [2.75, 3.05) is 32.2 Å². The Hall–Kier alpha value is -3.85. The summed E-state index contributed by atoms with van der Waals surface area (Å²) in [4.78, 5) is 47.1. The highest BCUT2D eigenvalue weighted by molar-refractivity contribution is 6.09. The number of aliphatic hydroxyl groups excluding tert-OH is 1. The zero-order chi connectivity index (χ0) is 27.2. The van der Waals surface area contributed by atoms with Crippen molar-refractivity contribution in [3.63, 3.8) is 0 Å². The Kier molecular flexibility index (Phi) is 6.65. The molecular weight excluding hydrogens is 484 g/mol. The zero-order valence-corrected chi connectivity index (χ0v) is 22.2. The fraction of sp³-hybridized carbons (Fsp3) is 0.414. The molecule has 5 rings (SSSR count). The first kappa shape index (κ1) is 25.8. The van der Waals surface area contributed by atoms with Gasteiger partial charge in [-0.2, -0.15) is 0 Å². The van der Waals surface area contributed by atoms with Crippen LogP contribution < -0.4 is 15.0 Å². The van der Waals surface area contributed by atoms with E-state index in [9.17, 15) is 19.5 Å². The number of aromatic nitrogens is 1. The fourth-order valence-electron chi connectivity index (χ4n) is 6.04. The van der Waals surface area contributed by atoms with Gasteiger partial charge in [-0.3, -0.25) is 14.4 Å². The van der Waals surface area contributed by atoms with Crippen molar-refractivity contribution in [3.05, 3.63) is 59.8 Å². The predicted octanol–water partition coefficient (Wildman–Crippen LogP) is 2.83. The number of likely N-dealkylation sites (N-methyl/N-ethyl adjacent to an activating group) is 1. The molecule has 1 saturated heterocycles. The van der Waals surface area contributed by atoms with E-state index in [-0.39, 0.29) is 30.9 Å². The quantitative estimate of drug-likeness (QED) is 0.445. The number of hydrogen-bond donors (Lipinski definition) is 3. The van der Waals surface area contributed by atoms with Gasteiger partial charge >= 0.3 is 0 Å². The average Bonchev–Trinajstić information content (AvgIpc) is 3.58. The Bertz CT molecular complexity index is 1400. The second-order valence-electron chi connectivity index (χ2n) is 10.7. The fourth-order valence-corrected chi connectivity index (χ4v) is 6.04. The van der Waals surface area contributed by atoms with Crippen LogP contribution in [-0.2, 0) is 15.0 Å². The van der Waals surface area contributed by atoms with Crippen LogP contribution in [0.2, 0.25) is 0 Å². The Morgan fingerprint density at radius 3 is 2.68 bits per heavy atom. The first-order valence-corrected chi connectivity index (χ1v) is 13.0. The van der Waals surface area contributed by atoms with E-state index >= 15 is 0 Å². The number of hydrogen-bond acceptors (Lipinski definition) is 5. The third kappa shape index (κ3) is 4.11. The van der Waals surface area contributed by atoms with Crippen LogP contribution in [0.4, 0.5) is 5.69 Å². The molecule has 3 amide bonds. The molecule has 0 bridgehead atoms. The Morgan fingerprint density at radius 2 is 1.97 bits per heavy atom. The van der Waals surface area contributed by atoms with Crippen molar-refractivity contribution in [2.24, 2.45) is 5.92 Å². The molecule has 2 aromatic carbocycles. The largest absolute Gasteiger partial charge is 0.496 e. The molecule has 38 heavy (non-hydrogen) atoms. The van der Waals surface area contributed by atoms with E-state index in [0.717, 1.165) is 22.2 Å². The van der Waals surface area contributed by atoms with Crippen LogP contribution in [0.1, 0.15) is 42.7 Å². The minimum atomic E-state index is -0.908. The van der Waals surface area contributed by atoms with E-state index in [0.29, 0.717) is 24.3 Å². The van der Waals surface area contributed by atoms with Crippen molar-refractivity contribution in [2.45, 2.75) is 44.2 Å². The molecule has 1 spiro atoms. The van der Waals surface area contributed by atoms with Gasteiger partial charge < -0.3 is 29.9 Å². The highest BCUT2D eigenvalue weighted by atomic mass is 16.5. The number of amides is 3. The number of carbonyl (C=O) groups is 3. The van der Waals surface area contributed by atoms with Crippen LogP contribution in [0, 0.1) is 5.92 Å². The van der Waals surface area contributed by atoms with Crippen molar-refractivity contribution in [1.82, 2.24) is 15.2 Å². The van der Waals surface area contributed by atoms with Gasteiger partial charge in [0.05, 0.1) is 25.2 Å². The molecule has 1 fully saturated rings. The number of H-pyrrole nitrogens is 1. The van der Waals surface area contributed by atoms with Crippen LogP contribution in [0.15, 0.2) is 48.5 Å². The van der Waals surface area contributed by atoms with Crippen LogP contribution in [0.3, 0.4) is 0 Å². The molecule has 0 radical (unpaired) electrons. The molecule has 0 aliphatic carbocycles. The summed E-state index contributed by atoms with van der Waals surface area (Å²) in [5, 5.41) is 14.0. The van der Waals surface area contributed by atoms with Crippen LogP contribution >= 0.6 is 0 Å². The molecule has 3 atom stereocenters. The number of aliphatic hydroxyl groups is 1. The van der Waals surface area contributed by atoms with Crippen LogP contribution in [0.5, 0.6) is 5.75 Å². The average molecular weight is 519 g/mol. The summed E-state index contributed by atoms with van der Waals surface area (Å²) in [6.07, 6.45) is 0.750. The Balaban J connectivity index is 1.43. The van der Waals surface area contributed by atoms with Gasteiger partial charge in [-0.25, -0.2) is 0 Å². The molecule has 1 aromatic heterocycles. The van der Waals surface area contributed by atoms with E-state index in [1.807, 2.05) is 56.3 Å². The van der Waals surface area contributed by atoms with Gasteiger partial charge in [-0.1, -0.05) is 38.1 Å². The number of benzene rings is 2. The monoisotopic (exact) mass is 518 g/mol. The number of carbonyl (C=O) groups excluding carboxylic acids is 3. The van der Waals surface area contributed by atoms with E-state index < -0.39 is 23.4 Å². The summed E-state index contributed by atoms with van der Waals surface area (Å²) in [5.74, 6) is -0.0115. The van der Waals surface area contributed by atoms with Gasteiger partial charge in [-0.05, 0) is 48.6 Å². The lowest BCUT2D eigenvalue weighted by molar-refractivity contribution is -0.135. The number of para-hydroxylation sites is 1. The number of aromatic amines is 1. The second kappa shape index (κ2) is 9.79. The zero-order valence-electron chi connectivity index (χ0n) is 22.2. The summed E-state index contributed by atoms with van der Waals surface area (Å²) in [7, 11) is 3.32. The summed E-state index contributed by atoms with van der Waals surface area (Å²) < 4.78 is 5.40. The number of anilines is 1. The minimum Gasteiger partial charge on any atom is -0.496 e. The van der Waals surface area contributed by atoms with E-state index in [1.54, 1.807) is 30.0 Å². The third-order valence-electron chi connectivity index (χ3n) is 7.85. The van der Waals surface area contributed by atoms with Gasteiger partial charge in [0.2, 0.25) is 11.8 Å². The molecule has 9 heteroatoms.